The fourth-order valence-electron chi connectivity index (χ4n) is 3.82. The fraction of sp³-hybridized carbons (Fsp3) is 0.739. The molecule has 0 saturated carbocycles. The number of carbonyl (C=O) groups excluding carboxylic acids is 1. The first-order valence-electron chi connectivity index (χ1n) is 11.5. The number of halogens is 3. The van der Waals surface area contributed by atoms with Crippen molar-refractivity contribution in [3.63, 3.8) is 0 Å². The molecule has 0 aliphatic carbocycles. The van der Waals surface area contributed by atoms with E-state index in [1.807, 2.05) is 27.7 Å². The van der Waals surface area contributed by atoms with Crippen LogP contribution < -0.4 is 10.2 Å². The lowest BCUT2D eigenvalue weighted by Gasteiger charge is -2.34. The third-order valence-corrected chi connectivity index (χ3v) is 6.28. The molecule has 34 heavy (non-hydrogen) atoms. The number of rotatable bonds is 3. The van der Waals surface area contributed by atoms with Crippen LogP contribution in [0.4, 0.5) is 18.0 Å². The van der Waals surface area contributed by atoms with Crippen LogP contribution in [0.15, 0.2) is 6.07 Å². The number of amides is 1. The topological polar surface area (TPSA) is 70.1 Å². The monoisotopic (exact) mass is 486 g/mol. The molecule has 2 fully saturated rings. The second-order valence-electron chi connectivity index (χ2n) is 10.9. The van der Waals surface area contributed by atoms with Gasteiger partial charge in [-0.05, 0) is 74.3 Å². The van der Waals surface area contributed by atoms with Crippen molar-refractivity contribution in [3.05, 3.63) is 17.5 Å². The van der Waals surface area contributed by atoms with Crippen molar-refractivity contribution >= 4 is 18.7 Å². The Morgan fingerprint density at radius 1 is 1.18 bits per heavy atom. The van der Waals surface area contributed by atoms with E-state index in [1.165, 1.54) is 6.92 Å². The molecular formula is C23H34BF3N2O5. The maximum absolute atomic E-state index is 13.6. The Morgan fingerprint density at radius 2 is 1.76 bits per heavy atom. The van der Waals surface area contributed by atoms with E-state index >= 15 is 0 Å². The van der Waals surface area contributed by atoms with Gasteiger partial charge in [-0.15, -0.1) is 0 Å². The summed E-state index contributed by atoms with van der Waals surface area (Å²) in [5.41, 5.74) is -2.96. The maximum atomic E-state index is 13.6. The SMILES string of the molecule is Cc1nc(C(F)(F)F)cc(B2OC(C)(C)C(C)(C)O2)c1OC1CCCN(C(=O)OC(C)(C)C)C1. The molecule has 0 radical (unpaired) electrons. The first-order chi connectivity index (χ1) is 15.4. The van der Waals surface area contributed by atoms with Crippen LogP contribution in [0.5, 0.6) is 5.75 Å². The highest BCUT2D eigenvalue weighted by Crippen LogP contribution is 2.38. The van der Waals surface area contributed by atoms with Crippen LogP contribution >= 0.6 is 0 Å². The molecule has 1 aromatic heterocycles. The van der Waals surface area contributed by atoms with Crippen LogP contribution in [-0.4, -0.2) is 59.1 Å². The van der Waals surface area contributed by atoms with Crippen LogP contribution in [0.3, 0.4) is 0 Å². The molecule has 1 amide bonds. The highest BCUT2D eigenvalue weighted by atomic mass is 19.4. The van der Waals surface area contributed by atoms with Gasteiger partial charge in [-0.3, -0.25) is 0 Å². The maximum Gasteiger partial charge on any atom is 0.498 e. The van der Waals surface area contributed by atoms with Crippen molar-refractivity contribution in [2.24, 2.45) is 0 Å². The lowest BCUT2D eigenvalue weighted by atomic mass is 9.77. The number of hydrogen-bond donors (Lipinski definition) is 0. The molecule has 7 nitrogen and oxygen atoms in total. The lowest BCUT2D eigenvalue weighted by molar-refractivity contribution is -0.141. The number of aromatic nitrogens is 1. The Morgan fingerprint density at radius 3 is 2.29 bits per heavy atom. The lowest BCUT2D eigenvalue weighted by Crippen LogP contribution is -2.47. The zero-order chi connectivity index (χ0) is 25.7. The van der Waals surface area contributed by atoms with Crippen LogP contribution in [0, 0.1) is 6.92 Å². The summed E-state index contributed by atoms with van der Waals surface area (Å²) in [4.78, 5) is 17.8. The third-order valence-electron chi connectivity index (χ3n) is 6.28. The minimum absolute atomic E-state index is 0.0777. The molecule has 0 N–H and O–H groups in total. The molecule has 1 atom stereocenters. The average molecular weight is 486 g/mol. The fourth-order valence-corrected chi connectivity index (χ4v) is 3.82. The van der Waals surface area contributed by atoms with E-state index in [0.29, 0.717) is 19.4 Å². The molecule has 2 aliphatic rings. The van der Waals surface area contributed by atoms with Crippen molar-refractivity contribution in [2.45, 2.75) is 97.3 Å². The summed E-state index contributed by atoms with van der Waals surface area (Å²) < 4.78 is 64.4. The summed E-state index contributed by atoms with van der Waals surface area (Å²) in [5, 5.41) is 0. The van der Waals surface area contributed by atoms with Gasteiger partial charge in [0.15, 0.2) is 0 Å². The molecule has 11 heteroatoms. The minimum atomic E-state index is -4.64. The minimum Gasteiger partial charge on any atom is -0.487 e. The molecule has 0 aromatic carbocycles. The molecule has 1 unspecified atom stereocenters. The number of piperidine rings is 1. The summed E-state index contributed by atoms with van der Waals surface area (Å²) in [6, 6.07) is 0.930. The van der Waals surface area contributed by atoms with E-state index in [2.05, 4.69) is 4.98 Å². The average Bonchev–Trinajstić information content (AvgIpc) is 2.88. The normalized spacial score (nSPS) is 22.6. The van der Waals surface area contributed by atoms with E-state index < -0.39 is 48.0 Å². The van der Waals surface area contributed by atoms with E-state index in [4.69, 9.17) is 18.8 Å². The Balaban J connectivity index is 1.91. The molecule has 190 valence electrons. The van der Waals surface area contributed by atoms with Gasteiger partial charge >= 0.3 is 19.4 Å². The predicted octanol–water partition coefficient (Wildman–Crippen LogP) is 4.49. The first-order valence-corrected chi connectivity index (χ1v) is 11.5. The summed E-state index contributed by atoms with van der Waals surface area (Å²) in [7, 11) is -1.06. The van der Waals surface area contributed by atoms with Gasteiger partial charge < -0.3 is 23.7 Å². The standard InChI is InChI=1S/C23H34BF3N2O5/c1-14-18(31-15-10-9-11-29(13-15)19(30)32-20(2,3)4)16(12-17(28-14)23(25,26)27)24-33-21(5,6)22(7,8)34-24/h12,15H,9-11,13H2,1-8H3. The zero-order valence-corrected chi connectivity index (χ0v) is 21.1. The number of alkyl halides is 3. The Labute approximate surface area is 199 Å². The van der Waals surface area contributed by atoms with Gasteiger partial charge in [-0.1, -0.05) is 0 Å². The van der Waals surface area contributed by atoms with E-state index in [9.17, 15) is 18.0 Å². The van der Waals surface area contributed by atoms with Crippen LogP contribution in [-0.2, 0) is 20.2 Å². The highest BCUT2D eigenvalue weighted by Gasteiger charge is 2.53. The molecular weight excluding hydrogens is 452 g/mol. The summed E-state index contributed by atoms with van der Waals surface area (Å²) >= 11 is 0. The second kappa shape index (κ2) is 8.89. The molecule has 2 saturated heterocycles. The number of ether oxygens (including phenoxy) is 2. The van der Waals surface area contributed by atoms with E-state index in [0.717, 1.165) is 6.07 Å². The highest BCUT2D eigenvalue weighted by molar-refractivity contribution is 6.63. The number of hydrogen-bond acceptors (Lipinski definition) is 6. The van der Waals surface area contributed by atoms with Crippen LogP contribution in [0.25, 0.3) is 0 Å². The van der Waals surface area contributed by atoms with Gasteiger partial charge in [0.2, 0.25) is 0 Å². The number of pyridine rings is 1. The molecule has 0 spiro atoms. The summed E-state index contributed by atoms with van der Waals surface area (Å²) in [6.45, 7) is 14.9. The van der Waals surface area contributed by atoms with Gasteiger partial charge in [-0.25, -0.2) is 9.78 Å². The van der Waals surface area contributed by atoms with Crippen molar-refractivity contribution < 1.29 is 36.7 Å². The number of aryl methyl sites for hydroxylation is 1. The molecule has 3 rings (SSSR count). The van der Waals surface area contributed by atoms with Gasteiger partial charge in [0.1, 0.15) is 23.1 Å². The van der Waals surface area contributed by atoms with E-state index in [-0.39, 0.29) is 23.5 Å². The third kappa shape index (κ3) is 5.79. The second-order valence-corrected chi connectivity index (χ2v) is 10.9. The molecule has 1 aromatic rings. The van der Waals surface area contributed by atoms with Crippen molar-refractivity contribution in [2.75, 3.05) is 13.1 Å². The largest absolute Gasteiger partial charge is 0.498 e. The van der Waals surface area contributed by atoms with E-state index in [1.54, 1.807) is 25.7 Å². The Bertz CT molecular complexity index is 914. The molecule has 3 heterocycles. The zero-order valence-electron chi connectivity index (χ0n) is 21.1. The van der Waals surface area contributed by atoms with Crippen molar-refractivity contribution in [1.82, 2.24) is 9.88 Å². The van der Waals surface area contributed by atoms with Crippen LogP contribution in [0.2, 0.25) is 0 Å². The first kappa shape index (κ1) is 26.6. The van der Waals surface area contributed by atoms with Crippen LogP contribution in [0.1, 0.15) is 72.7 Å². The molecule has 0 bridgehead atoms. The molecule has 2 aliphatic heterocycles. The van der Waals surface area contributed by atoms with Crippen molar-refractivity contribution in [1.29, 1.82) is 0 Å². The van der Waals surface area contributed by atoms with Crippen molar-refractivity contribution in [3.8, 4) is 5.75 Å². The smallest absolute Gasteiger partial charge is 0.487 e. The number of carbonyl (C=O) groups is 1. The number of likely N-dealkylation sites (tertiary alicyclic amines) is 1. The summed E-state index contributed by atoms with van der Waals surface area (Å²) in [6.07, 6.45) is -4.24. The van der Waals surface area contributed by atoms with Gasteiger partial charge in [0, 0.05) is 12.0 Å². The Kier molecular flexibility index (Phi) is 6.96. The predicted molar refractivity (Wildman–Crippen MR) is 121 cm³/mol. The van der Waals surface area contributed by atoms with Gasteiger partial charge in [0.25, 0.3) is 0 Å². The quantitative estimate of drug-likeness (QED) is 0.587. The number of nitrogens with zero attached hydrogens (tertiary/aromatic N) is 2. The summed E-state index contributed by atoms with van der Waals surface area (Å²) in [5.74, 6) is 0.183. The van der Waals surface area contributed by atoms with Gasteiger partial charge in [0.05, 0.1) is 23.4 Å². The van der Waals surface area contributed by atoms with Gasteiger partial charge in [-0.2, -0.15) is 13.2 Å². The Hall–Kier alpha value is -2.01.